The minimum atomic E-state index is -1.01. The highest BCUT2D eigenvalue weighted by Crippen LogP contribution is 2.24. The summed E-state index contributed by atoms with van der Waals surface area (Å²) in [5, 5.41) is 12.5. The summed E-state index contributed by atoms with van der Waals surface area (Å²) in [5.74, 6) is -0.343. The topological polar surface area (TPSA) is 68.1 Å². The first-order chi connectivity index (χ1) is 7.72. The molecule has 1 aromatic rings. The van der Waals surface area contributed by atoms with Gasteiger partial charge in [0.25, 0.3) is 0 Å². The van der Waals surface area contributed by atoms with E-state index >= 15 is 0 Å². The smallest absolute Gasteiger partial charge is 0.348 e. The minimum absolute atomic E-state index is 0.260. The number of benzene rings is 1. The molecule has 0 radical (unpaired) electrons. The second-order valence-corrected chi connectivity index (χ2v) is 3.37. The molecular weight excluding hydrogens is 210 g/mol. The maximum absolute atomic E-state index is 10.7. The van der Waals surface area contributed by atoms with Gasteiger partial charge in [-0.1, -0.05) is 17.3 Å². The second kappa shape index (κ2) is 4.22. The number of carboxylic acid groups (broad SMARTS) is 1. The van der Waals surface area contributed by atoms with Crippen molar-refractivity contribution in [2.45, 2.75) is 12.5 Å². The second-order valence-electron chi connectivity index (χ2n) is 3.37. The molecule has 0 amide bonds. The monoisotopic (exact) mass is 221 g/mol. The molecule has 0 bridgehead atoms. The van der Waals surface area contributed by atoms with Crippen molar-refractivity contribution in [2.75, 3.05) is 7.11 Å². The molecule has 1 N–H and O–H groups in total. The van der Waals surface area contributed by atoms with Crippen LogP contribution in [0, 0.1) is 0 Å². The van der Waals surface area contributed by atoms with Crippen LogP contribution in [0.15, 0.2) is 29.4 Å². The summed E-state index contributed by atoms with van der Waals surface area (Å²) < 4.78 is 5.17. The van der Waals surface area contributed by atoms with Crippen LogP contribution in [-0.4, -0.2) is 30.0 Å². The molecule has 1 aliphatic heterocycles. The zero-order valence-corrected chi connectivity index (χ0v) is 8.71. The molecule has 0 aliphatic carbocycles. The van der Waals surface area contributed by atoms with Crippen LogP contribution in [0.1, 0.15) is 12.0 Å². The summed E-state index contributed by atoms with van der Waals surface area (Å²) in [6, 6.07) is 7.30. The van der Waals surface area contributed by atoms with Crippen molar-refractivity contribution >= 4 is 11.7 Å². The van der Waals surface area contributed by atoms with E-state index in [4.69, 9.17) is 14.7 Å². The molecule has 1 atom stereocenters. The average molecular weight is 221 g/mol. The van der Waals surface area contributed by atoms with Gasteiger partial charge in [0.15, 0.2) is 0 Å². The number of ether oxygens (including phenoxy) is 1. The van der Waals surface area contributed by atoms with Crippen LogP contribution in [-0.2, 0) is 9.63 Å². The van der Waals surface area contributed by atoms with E-state index < -0.39 is 12.1 Å². The lowest BCUT2D eigenvalue weighted by atomic mass is 10.0. The quantitative estimate of drug-likeness (QED) is 0.834. The molecule has 1 aromatic carbocycles. The number of aliphatic carboxylic acids is 1. The van der Waals surface area contributed by atoms with E-state index in [9.17, 15) is 4.79 Å². The number of carboxylic acids is 1. The molecule has 0 saturated heterocycles. The third-order valence-electron chi connectivity index (χ3n) is 2.36. The number of para-hydroxylation sites is 1. The highest BCUT2D eigenvalue weighted by atomic mass is 16.7. The molecule has 5 nitrogen and oxygen atoms in total. The van der Waals surface area contributed by atoms with E-state index in [1.165, 1.54) is 0 Å². The van der Waals surface area contributed by atoms with Crippen LogP contribution >= 0.6 is 0 Å². The number of hydrogen-bond acceptors (Lipinski definition) is 4. The van der Waals surface area contributed by atoms with Crippen LogP contribution < -0.4 is 4.74 Å². The predicted molar refractivity (Wildman–Crippen MR) is 56.7 cm³/mol. The first-order valence-electron chi connectivity index (χ1n) is 4.81. The number of rotatable bonds is 3. The standard InChI is InChI=1S/C11H11NO4/c1-15-9-5-3-2-4-7(9)8-6-10(11(13)14)16-12-8/h2-5,10H,6H2,1H3,(H,13,14)/t10-/m0/s1. The lowest BCUT2D eigenvalue weighted by molar-refractivity contribution is -0.148. The van der Waals surface area contributed by atoms with Crippen LogP contribution in [0.3, 0.4) is 0 Å². The summed E-state index contributed by atoms with van der Waals surface area (Å²) in [6.07, 6.45) is -0.629. The van der Waals surface area contributed by atoms with Gasteiger partial charge in [-0.25, -0.2) is 4.79 Å². The Labute approximate surface area is 92.3 Å². The fourth-order valence-corrected chi connectivity index (χ4v) is 1.55. The van der Waals surface area contributed by atoms with Crippen molar-refractivity contribution in [2.24, 2.45) is 5.16 Å². The Morgan fingerprint density at radius 2 is 2.31 bits per heavy atom. The number of nitrogens with zero attached hydrogens (tertiary/aromatic N) is 1. The molecular formula is C11H11NO4. The molecule has 0 fully saturated rings. The maximum Gasteiger partial charge on any atom is 0.348 e. The predicted octanol–water partition coefficient (Wildman–Crippen LogP) is 1.27. The molecule has 2 rings (SSSR count). The summed E-state index contributed by atoms with van der Waals surface area (Å²) in [5.41, 5.74) is 1.37. The third-order valence-corrected chi connectivity index (χ3v) is 2.36. The van der Waals surface area contributed by atoms with Crippen LogP contribution in [0.5, 0.6) is 5.75 Å². The van der Waals surface area contributed by atoms with E-state index in [0.29, 0.717) is 11.5 Å². The lowest BCUT2D eigenvalue weighted by Crippen LogP contribution is -2.20. The summed E-state index contributed by atoms with van der Waals surface area (Å²) in [6.45, 7) is 0. The number of methoxy groups -OCH3 is 1. The van der Waals surface area contributed by atoms with E-state index in [-0.39, 0.29) is 6.42 Å². The van der Waals surface area contributed by atoms with Crippen LogP contribution in [0.2, 0.25) is 0 Å². The van der Waals surface area contributed by atoms with Gasteiger partial charge in [0, 0.05) is 12.0 Å². The first-order valence-corrected chi connectivity index (χ1v) is 4.81. The average Bonchev–Trinajstić information content (AvgIpc) is 2.78. The van der Waals surface area contributed by atoms with Crippen molar-refractivity contribution in [3.8, 4) is 5.75 Å². The van der Waals surface area contributed by atoms with Crippen molar-refractivity contribution in [1.29, 1.82) is 0 Å². The van der Waals surface area contributed by atoms with Gasteiger partial charge in [-0.3, -0.25) is 0 Å². The van der Waals surface area contributed by atoms with Crippen LogP contribution in [0.4, 0.5) is 0 Å². The molecule has 84 valence electrons. The zero-order chi connectivity index (χ0) is 11.5. The van der Waals surface area contributed by atoms with Gasteiger partial charge in [-0.05, 0) is 12.1 Å². The highest BCUT2D eigenvalue weighted by molar-refractivity contribution is 6.05. The van der Waals surface area contributed by atoms with E-state index in [1.54, 1.807) is 13.2 Å². The Kier molecular flexibility index (Phi) is 2.76. The van der Waals surface area contributed by atoms with Gasteiger partial charge in [-0.15, -0.1) is 0 Å². The van der Waals surface area contributed by atoms with Gasteiger partial charge < -0.3 is 14.7 Å². The van der Waals surface area contributed by atoms with Gasteiger partial charge in [0.05, 0.1) is 12.8 Å². The Balaban J connectivity index is 2.23. The van der Waals surface area contributed by atoms with E-state index in [0.717, 1.165) is 5.56 Å². The van der Waals surface area contributed by atoms with Crippen molar-refractivity contribution in [1.82, 2.24) is 0 Å². The molecule has 0 unspecified atom stereocenters. The van der Waals surface area contributed by atoms with Gasteiger partial charge in [0.1, 0.15) is 5.75 Å². The normalized spacial score (nSPS) is 18.8. The summed E-state index contributed by atoms with van der Waals surface area (Å²) in [7, 11) is 1.56. The largest absolute Gasteiger partial charge is 0.496 e. The van der Waals surface area contributed by atoms with Gasteiger partial charge >= 0.3 is 5.97 Å². The molecule has 1 aliphatic rings. The summed E-state index contributed by atoms with van der Waals surface area (Å²) in [4.78, 5) is 15.5. The maximum atomic E-state index is 10.7. The number of hydrogen-bond donors (Lipinski definition) is 1. The molecule has 5 heteroatoms. The van der Waals surface area contributed by atoms with E-state index in [1.807, 2.05) is 18.2 Å². The van der Waals surface area contributed by atoms with Gasteiger partial charge in [0.2, 0.25) is 6.10 Å². The van der Waals surface area contributed by atoms with E-state index in [2.05, 4.69) is 5.16 Å². The Hall–Kier alpha value is -2.04. The molecule has 1 heterocycles. The number of oxime groups is 1. The van der Waals surface area contributed by atoms with Gasteiger partial charge in [-0.2, -0.15) is 0 Å². The fraction of sp³-hybridized carbons (Fsp3) is 0.273. The van der Waals surface area contributed by atoms with Crippen molar-refractivity contribution < 1.29 is 19.5 Å². The zero-order valence-electron chi connectivity index (χ0n) is 8.71. The van der Waals surface area contributed by atoms with Crippen molar-refractivity contribution in [3.05, 3.63) is 29.8 Å². The minimum Gasteiger partial charge on any atom is -0.496 e. The fourth-order valence-electron chi connectivity index (χ4n) is 1.55. The highest BCUT2D eigenvalue weighted by Gasteiger charge is 2.29. The molecule has 16 heavy (non-hydrogen) atoms. The lowest BCUT2D eigenvalue weighted by Gasteiger charge is -2.06. The third kappa shape index (κ3) is 1.84. The molecule has 0 spiro atoms. The number of carbonyl (C=O) groups is 1. The Morgan fingerprint density at radius 3 is 2.94 bits per heavy atom. The SMILES string of the molecule is COc1ccccc1C1=NO[C@H](C(=O)O)C1. The Bertz CT molecular complexity index is 441. The summed E-state index contributed by atoms with van der Waals surface area (Å²) >= 11 is 0. The Morgan fingerprint density at radius 1 is 1.56 bits per heavy atom. The van der Waals surface area contributed by atoms with Crippen molar-refractivity contribution in [3.63, 3.8) is 0 Å². The molecule has 0 saturated carbocycles. The van der Waals surface area contributed by atoms with Crippen LogP contribution in [0.25, 0.3) is 0 Å². The molecule has 0 aromatic heterocycles. The first kappa shape index (κ1) is 10.5.